The summed E-state index contributed by atoms with van der Waals surface area (Å²) in [7, 11) is 0. The zero-order valence-electron chi connectivity index (χ0n) is 14.9. The lowest BCUT2D eigenvalue weighted by Crippen LogP contribution is -2.48. The van der Waals surface area contributed by atoms with Crippen molar-refractivity contribution in [1.82, 2.24) is 5.32 Å². The van der Waals surface area contributed by atoms with Crippen molar-refractivity contribution in [1.29, 1.82) is 0 Å². The van der Waals surface area contributed by atoms with Gasteiger partial charge >= 0.3 is 0 Å². The van der Waals surface area contributed by atoms with Crippen LogP contribution in [-0.2, 0) is 9.59 Å². The molecule has 0 unspecified atom stereocenters. The molecule has 140 valence electrons. The normalized spacial score (nSPS) is 22.6. The second kappa shape index (κ2) is 7.04. The highest BCUT2D eigenvalue weighted by atomic mass is 16.5. The molecule has 4 rings (SSSR count). The predicted octanol–water partition coefficient (Wildman–Crippen LogP) is 1.69. The number of aliphatic hydroxyl groups is 1. The number of carbonyl (C=O) groups excluding carboxylic acids is 2. The van der Waals surface area contributed by atoms with Gasteiger partial charge in [-0.2, -0.15) is 0 Å². The van der Waals surface area contributed by atoms with Gasteiger partial charge in [0.25, 0.3) is 0 Å². The highest BCUT2D eigenvalue weighted by Gasteiger charge is 2.65. The van der Waals surface area contributed by atoms with Gasteiger partial charge in [-0.3, -0.25) is 9.59 Å². The number of carbonyl (C=O) groups is 2. The number of rotatable bonds is 7. The fourth-order valence-corrected chi connectivity index (χ4v) is 3.83. The maximum absolute atomic E-state index is 12.9. The second-order valence-electron chi connectivity index (χ2n) is 7.03. The molecule has 1 fully saturated rings. The molecule has 27 heavy (non-hydrogen) atoms. The lowest BCUT2D eigenvalue weighted by Gasteiger charge is -2.33. The number of fused-ring (bicyclic) bond motifs is 3. The second-order valence-corrected chi connectivity index (χ2v) is 7.03. The third-order valence-corrected chi connectivity index (χ3v) is 5.37. The lowest BCUT2D eigenvalue weighted by atomic mass is 9.92. The lowest BCUT2D eigenvalue weighted by molar-refractivity contribution is -0.128. The smallest absolute Gasteiger partial charge is 0.240 e. The monoisotopic (exact) mass is 366 g/mol. The Morgan fingerprint density at radius 3 is 2.70 bits per heavy atom. The fourth-order valence-electron chi connectivity index (χ4n) is 3.83. The van der Waals surface area contributed by atoms with E-state index in [1.54, 1.807) is 0 Å². The molecule has 1 aliphatic carbocycles. The van der Waals surface area contributed by atoms with Crippen LogP contribution in [0.5, 0.6) is 5.75 Å². The van der Waals surface area contributed by atoms with Crippen molar-refractivity contribution >= 4 is 17.5 Å². The summed E-state index contributed by atoms with van der Waals surface area (Å²) >= 11 is 0. The molecule has 1 heterocycles. The number of nitrogens with zero attached hydrogens (tertiary/aromatic N) is 1. The zero-order chi connectivity index (χ0) is 18.9. The molecule has 0 spiro atoms. The van der Waals surface area contributed by atoms with Gasteiger partial charge in [-0.25, -0.2) is 0 Å². The van der Waals surface area contributed by atoms with Crippen LogP contribution in [0.15, 0.2) is 54.6 Å². The van der Waals surface area contributed by atoms with E-state index >= 15 is 0 Å². The SMILES string of the molecule is O=C(CN1C(=O)[C@@]2(CO)C[C@H]2c2ccccc21)NCCOc1ccccc1. The highest BCUT2D eigenvalue weighted by Crippen LogP contribution is 2.64. The summed E-state index contributed by atoms with van der Waals surface area (Å²) in [6.07, 6.45) is 0.641. The molecule has 0 aromatic heterocycles. The Balaban J connectivity index is 1.37. The molecule has 2 aliphatic rings. The predicted molar refractivity (Wildman–Crippen MR) is 101 cm³/mol. The summed E-state index contributed by atoms with van der Waals surface area (Å²) in [6, 6.07) is 17.0. The maximum atomic E-state index is 12.9. The number of nitrogens with one attached hydrogen (secondary N) is 1. The summed E-state index contributed by atoms with van der Waals surface area (Å²) in [6.45, 7) is 0.456. The van der Waals surface area contributed by atoms with Crippen LogP contribution in [0.3, 0.4) is 0 Å². The van der Waals surface area contributed by atoms with Crippen LogP contribution in [0, 0.1) is 5.41 Å². The number of ether oxygens (including phenoxy) is 1. The van der Waals surface area contributed by atoms with Crippen molar-refractivity contribution in [3.63, 3.8) is 0 Å². The van der Waals surface area contributed by atoms with Crippen molar-refractivity contribution in [2.24, 2.45) is 5.41 Å². The Morgan fingerprint density at radius 1 is 1.19 bits per heavy atom. The van der Waals surface area contributed by atoms with Gasteiger partial charge in [0.15, 0.2) is 0 Å². The van der Waals surface area contributed by atoms with Gasteiger partial charge in [-0.15, -0.1) is 0 Å². The average molecular weight is 366 g/mol. The summed E-state index contributed by atoms with van der Waals surface area (Å²) < 4.78 is 5.55. The summed E-state index contributed by atoms with van der Waals surface area (Å²) in [4.78, 5) is 26.8. The van der Waals surface area contributed by atoms with E-state index in [4.69, 9.17) is 4.74 Å². The van der Waals surface area contributed by atoms with E-state index in [0.717, 1.165) is 17.0 Å². The minimum absolute atomic E-state index is 0.0599. The molecule has 0 bridgehead atoms. The van der Waals surface area contributed by atoms with Gasteiger partial charge in [0, 0.05) is 11.6 Å². The van der Waals surface area contributed by atoms with E-state index in [1.807, 2.05) is 54.6 Å². The molecule has 2 N–H and O–H groups in total. The maximum Gasteiger partial charge on any atom is 0.240 e. The van der Waals surface area contributed by atoms with Gasteiger partial charge in [-0.1, -0.05) is 36.4 Å². The van der Waals surface area contributed by atoms with E-state index in [-0.39, 0.29) is 30.9 Å². The first-order valence-electron chi connectivity index (χ1n) is 9.12. The van der Waals surface area contributed by atoms with Crippen molar-refractivity contribution in [2.45, 2.75) is 12.3 Å². The Kier molecular flexibility index (Phi) is 4.58. The molecule has 0 saturated heterocycles. The first-order chi connectivity index (χ1) is 13.2. The van der Waals surface area contributed by atoms with E-state index in [1.165, 1.54) is 4.90 Å². The van der Waals surface area contributed by atoms with Crippen molar-refractivity contribution in [3.05, 3.63) is 60.2 Å². The van der Waals surface area contributed by atoms with Gasteiger partial charge in [0.1, 0.15) is 18.9 Å². The number of amides is 2. The molecule has 1 saturated carbocycles. The van der Waals surface area contributed by atoms with Crippen LogP contribution in [-0.4, -0.2) is 43.2 Å². The van der Waals surface area contributed by atoms with Gasteiger partial charge in [0.05, 0.1) is 18.6 Å². The Hall–Kier alpha value is -2.86. The number of hydrogen-bond donors (Lipinski definition) is 2. The van der Waals surface area contributed by atoms with Crippen LogP contribution < -0.4 is 15.0 Å². The van der Waals surface area contributed by atoms with Crippen LogP contribution in [0.4, 0.5) is 5.69 Å². The number of aliphatic hydroxyl groups excluding tert-OH is 1. The van der Waals surface area contributed by atoms with E-state index in [2.05, 4.69) is 5.32 Å². The van der Waals surface area contributed by atoms with Crippen molar-refractivity contribution in [2.75, 3.05) is 31.2 Å². The minimum Gasteiger partial charge on any atom is -0.492 e. The third kappa shape index (κ3) is 3.17. The van der Waals surface area contributed by atoms with Crippen LogP contribution in [0.2, 0.25) is 0 Å². The van der Waals surface area contributed by atoms with E-state index in [9.17, 15) is 14.7 Å². The molecule has 2 atom stereocenters. The molecule has 1 aliphatic heterocycles. The van der Waals surface area contributed by atoms with Crippen molar-refractivity contribution < 1.29 is 19.4 Å². The Labute approximate surface area is 157 Å². The summed E-state index contributed by atoms with van der Waals surface area (Å²) in [5, 5.41) is 12.5. The first kappa shape index (κ1) is 17.5. The van der Waals surface area contributed by atoms with Crippen molar-refractivity contribution in [3.8, 4) is 5.75 Å². The highest BCUT2D eigenvalue weighted by molar-refractivity contribution is 6.07. The third-order valence-electron chi connectivity index (χ3n) is 5.37. The average Bonchev–Trinajstić information content (AvgIpc) is 3.46. The molecular weight excluding hydrogens is 344 g/mol. The summed E-state index contributed by atoms with van der Waals surface area (Å²) in [5.41, 5.74) is 1.06. The molecule has 2 aromatic carbocycles. The Bertz CT molecular complexity index is 854. The standard InChI is InChI=1S/C21H22N2O4/c24-14-21-12-17(21)16-8-4-5-9-18(16)23(20(21)26)13-19(25)22-10-11-27-15-6-2-1-3-7-15/h1-9,17,24H,10-14H2,(H,22,25)/t17-,21+/m0/s1. The molecule has 2 amide bonds. The quantitative estimate of drug-likeness (QED) is 0.731. The van der Waals surface area contributed by atoms with Crippen LogP contribution >= 0.6 is 0 Å². The van der Waals surface area contributed by atoms with E-state index in [0.29, 0.717) is 19.6 Å². The number of hydrogen-bond acceptors (Lipinski definition) is 4. The molecular formula is C21H22N2O4. The topological polar surface area (TPSA) is 78.9 Å². The molecule has 2 aromatic rings. The number of anilines is 1. The minimum atomic E-state index is -0.745. The van der Waals surface area contributed by atoms with Gasteiger partial charge in [-0.05, 0) is 30.2 Å². The zero-order valence-corrected chi connectivity index (χ0v) is 14.9. The largest absolute Gasteiger partial charge is 0.492 e. The van der Waals surface area contributed by atoms with E-state index < -0.39 is 5.41 Å². The molecule has 0 radical (unpaired) electrons. The number of para-hydroxylation sites is 2. The number of benzene rings is 2. The van der Waals surface area contributed by atoms with Crippen LogP contribution in [0.25, 0.3) is 0 Å². The van der Waals surface area contributed by atoms with Gasteiger partial charge < -0.3 is 20.1 Å². The molecule has 6 heteroatoms. The first-order valence-corrected chi connectivity index (χ1v) is 9.12. The molecule has 6 nitrogen and oxygen atoms in total. The van der Waals surface area contributed by atoms with Gasteiger partial charge in [0.2, 0.25) is 11.8 Å². The Morgan fingerprint density at radius 2 is 1.93 bits per heavy atom. The van der Waals surface area contributed by atoms with Crippen LogP contribution in [0.1, 0.15) is 17.9 Å². The fraction of sp³-hybridized carbons (Fsp3) is 0.333. The summed E-state index contributed by atoms with van der Waals surface area (Å²) in [5.74, 6) is 0.396.